The second kappa shape index (κ2) is 11.5. The second-order valence-electron chi connectivity index (χ2n) is 4.93. The molecule has 2 heteroatoms. The van der Waals surface area contributed by atoms with Gasteiger partial charge in [-0.2, -0.15) is 0 Å². The molecule has 1 rings (SSSR count). The quantitative estimate of drug-likeness (QED) is 0.645. The number of rotatable bonds is 2. The molecule has 1 aliphatic rings. The first-order chi connectivity index (χ1) is 8.02. The van der Waals surface area contributed by atoms with E-state index in [1.54, 1.807) is 0 Å². The Kier molecular flexibility index (Phi) is 13.3. The van der Waals surface area contributed by atoms with Crippen LogP contribution in [0.2, 0.25) is 0 Å². The Morgan fingerprint density at radius 1 is 1.00 bits per heavy atom. The van der Waals surface area contributed by atoms with Crippen LogP contribution in [0.15, 0.2) is 0 Å². The minimum Gasteiger partial charge on any atom is -0.298 e. The predicted molar refractivity (Wildman–Crippen MR) is 85.9 cm³/mol. The molecule has 0 bridgehead atoms. The first kappa shape index (κ1) is 19.7. The first-order valence-corrected chi connectivity index (χ1v) is 8.20. The summed E-state index contributed by atoms with van der Waals surface area (Å²) in [5.41, 5.74) is 0.849. The van der Waals surface area contributed by atoms with Crippen LogP contribution in [0.25, 0.3) is 0 Å². The summed E-state index contributed by atoms with van der Waals surface area (Å²) in [6.07, 6.45) is 2.71. The second-order valence-corrected chi connectivity index (χ2v) is 5.87. The highest BCUT2D eigenvalue weighted by Gasteiger charge is 2.29. The SMILES string of the molecule is CC.CC.CC(C)C1CC(P)CCN1C(C)C. The Morgan fingerprint density at radius 3 is 1.82 bits per heavy atom. The van der Waals surface area contributed by atoms with E-state index in [0.29, 0.717) is 6.04 Å². The van der Waals surface area contributed by atoms with E-state index in [1.807, 2.05) is 27.7 Å². The lowest BCUT2D eigenvalue weighted by atomic mass is 9.91. The van der Waals surface area contributed by atoms with Gasteiger partial charge in [-0.05, 0) is 44.8 Å². The van der Waals surface area contributed by atoms with Crippen molar-refractivity contribution in [2.75, 3.05) is 6.54 Å². The minimum absolute atomic E-state index is 0.713. The number of likely N-dealkylation sites (tertiary alicyclic amines) is 1. The van der Waals surface area contributed by atoms with Crippen molar-refractivity contribution in [2.24, 2.45) is 5.92 Å². The van der Waals surface area contributed by atoms with Gasteiger partial charge in [-0.3, -0.25) is 4.90 Å². The molecule has 1 saturated heterocycles. The van der Waals surface area contributed by atoms with Crippen LogP contribution in [0, 0.1) is 5.92 Å². The zero-order chi connectivity index (χ0) is 14.0. The largest absolute Gasteiger partial charge is 0.298 e. The summed E-state index contributed by atoms with van der Waals surface area (Å²) in [5.74, 6) is 0.797. The third-order valence-corrected chi connectivity index (χ3v) is 3.77. The Hall–Kier alpha value is 0.390. The molecule has 0 aromatic heterocycles. The van der Waals surface area contributed by atoms with Crippen molar-refractivity contribution in [3.63, 3.8) is 0 Å². The van der Waals surface area contributed by atoms with E-state index in [2.05, 4.69) is 41.8 Å². The highest BCUT2D eigenvalue weighted by molar-refractivity contribution is 7.17. The molecule has 17 heavy (non-hydrogen) atoms. The van der Waals surface area contributed by atoms with Crippen molar-refractivity contribution in [3.05, 3.63) is 0 Å². The number of hydrogen-bond acceptors (Lipinski definition) is 1. The average Bonchev–Trinajstić information content (AvgIpc) is 2.33. The maximum atomic E-state index is 3.00. The smallest absolute Gasteiger partial charge is 0.0127 e. The minimum atomic E-state index is 0.713. The molecular weight excluding hydrogens is 225 g/mol. The van der Waals surface area contributed by atoms with Crippen LogP contribution in [0.3, 0.4) is 0 Å². The lowest BCUT2D eigenvalue weighted by molar-refractivity contribution is 0.0835. The molecule has 1 aliphatic heterocycles. The molecular formula is C15H36NP. The van der Waals surface area contributed by atoms with E-state index >= 15 is 0 Å². The predicted octanol–water partition coefficient (Wildman–Crippen LogP) is 4.81. The van der Waals surface area contributed by atoms with Crippen LogP contribution in [0.4, 0.5) is 0 Å². The maximum absolute atomic E-state index is 3.00. The number of hydrogen-bond donors (Lipinski definition) is 0. The van der Waals surface area contributed by atoms with Gasteiger partial charge in [-0.15, -0.1) is 9.24 Å². The van der Waals surface area contributed by atoms with Gasteiger partial charge in [-0.25, -0.2) is 0 Å². The van der Waals surface area contributed by atoms with Crippen molar-refractivity contribution in [3.8, 4) is 0 Å². The van der Waals surface area contributed by atoms with Crippen molar-refractivity contribution in [1.29, 1.82) is 0 Å². The zero-order valence-corrected chi connectivity index (χ0v) is 14.6. The molecule has 1 heterocycles. The van der Waals surface area contributed by atoms with Gasteiger partial charge < -0.3 is 0 Å². The Morgan fingerprint density at radius 2 is 1.47 bits per heavy atom. The Bertz CT molecular complexity index is 157. The van der Waals surface area contributed by atoms with Crippen molar-refractivity contribution >= 4 is 9.24 Å². The Balaban J connectivity index is 0. The summed E-state index contributed by atoms with van der Waals surface area (Å²) in [6.45, 7) is 18.6. The average molecular weight is 261 g/mol. The molecule has 1 fully saturated rings. The van der Waals surface area contributed by atoms with Crippen LogP contribution in [0.1, 0.15) is 68.2 Å². The van der Waals surface area contributed by atoms with Crippen LogP contribution in [0.5, 0.6) is 0 Å². The molecule has 3 atom stereocenters. The molecule has 1 nitrogen and oxygen atoms in total. The zero-order valence-electron chi connectivity index (χ0n) is 13.5. The highest BCUT2D eigenvalue weighted by atomic mass is 31.0. The summed E-state index contributed by atoms with van der Waals surface area (Å²) in [5, 5.41) is 0. The fourth-order valence-electron chi connectivity index (χ4n) is 2.34. The summed E-state index contributed by atoms with van der Waals surface area (Å²) in [4.78, 5) is 2.67. The summed E-state index contributed by atoms with van der Waals surface area (Å²) in [6, 6.07) is 1.51. The van der Waals surface area contributed by atoms with E-state index in [4.69, 9.17) is 0 Å². The van der Waals surface area contributed by atoms with Gasteiger partial charge >= 0.3 is 0 Å². The number of nitrogens with zero attached hydrogens (tertiary/aromatic N) is 1. The summed E-state index contributed by atoms with van der Waals surface area (Å²) in [7, 11) is 3.00. The van der Waals surface area contributed by atoms with Crippen molar-refractivity contribution in [1.82, 2.24) is 4.90 Å². The lowest BCUT2D eigenvalue weighted by Crippen LogP contribution is -2.49. The fourth-order valence-corrected chi connectivity index (χ4v) is 2.77. The van der Waals surface area contributed by atoms with Gasteiger partial charge in [-0.1, -0.05) is 41.5 Å². The maximum Gasteiger partial charge on any atom is 0.0127 e. The van der Waals surface area contributed by atoms with Gasteiger partial charge in [0.15, 0.2) is 0 Å². The van der Waals surface area contributed by atoms with E-state index < -0.39 is 0 Å². The van der Waals surface area contributed by atoms with Crippen LogP contribution in [-0.4, -0.2) is 29.2 Å². The molecule has 0 amide bonds. The van der Waals surface area contributed by atoms with E-state index in [9.17, 15) is 0 Å². The summed E-state index contributed by atoms with van der Waals surface area (Å²) < 4.78 is 0. The van der Waals surface area contributed by atoms with Gasteiger partial charge in [0.25, 0.3) is 0 Å². The van der Waals surface area contributed by atoms with Crippen LogP contribution < -0.4 is 0 Å². The van der Waals surface area contributed by atoms with Crippen molar-refractivity contribution in [2.45, 2.75) is 86.0 Å². The normalized spacial score (nSPS) is 24.9. The fraction of sp³-hybridized carbons (Fsp3) is 1.00. The molecule has 0 spiro atoms. The Labute approximate surface area is 113 Å². The highest BCUT2D eigenvalue weighted by Crippen LogP contribution is 2.28. The van der Waals surface area contributed by atoms with Gasteiger partial charge in [0.05, 0.1) is 0 Å². The van der Waals surface area contributed by atoms with E-state index in [-0.39, 0.29) is 0 Å². The summed E-state index contributed by atoms with van der Waals surface area (Å²) >= 11 is 0. The van der Waals surface area contributed by atoms with Crippen LogP contribution >= 0.6 is 9.24 Å². The molecule has 106 valence electrons. The molecule has 0 aromatic rings. The van der Waals surface area contributed by atoms with Crippen LogP contribution in [-0.2, 0) is 0 Å². The van der Waals surface area contributed by atoms with Crippen molar-refractivity contribution < 1.29 is 0 Å². The molecule has 0 N–H and O–H groups in total. The molecule has 0 radical (unpaired) electrons. The monoisotopic (exact) mass is 261 g/mol. The molecule has 0 aromatic carbocycles. The first-order valence-electron chi connectivity index (χ1n) is 7.53. The van der Waals surface area contributed by atoms with E-state index in [1.165, 1.54) is 19.4 Å². The molecule has 0 aliphatic carbocycles. The topological polar surface area (TPSA) is 3.24 Å². The standard InChI is InChI=1S/C11H24NP.2C2H6/c1-8(2)11-7-10(13)5-6-12(11)9(3)4;2*1-2/h8-11H,5-7,13H2,1-4H3;2*1-2H3. The van der Waals surface area contributed by atoms with Gasteiger partial charge in [0, 0.05) is 12.1 Å². The van der Waals surface area contributed by atoms with Gasteiger partial charge in [0.1, 0.15) is 0 Å². The van der Waals surface area contributed by atoms with Gasteiger partial charge in [0.2, 0.25) is 0 Å². The third kappa shape index (κ3) is 7.42. The number of piperidine rings is 1. The molecule has 3 unspecified atom stereocenters. The third-order valence-electron chi connectivity index (χ3n) is 3.16. The lowest BCUT2D eigenvalue weighted by Gasteiger charge is -2.43. The van der Waals surface area contributed by atoms with E-state index in [0.717, 1.165) is 17.6 Å². The molecule has 0 saturated carbocycles.